The van der Waals surface area contributed by atoms with E-state index in [0.29, 0.717) is 6.61 Å². The van der Waals surface area contributed by atoms with Crippen LogP contribution >= 0.6 is 0 Å². The minimum atomic E-state index is -0.376. The molecule has 80 valence electrons. The van der Waals surface area contributed by atoms with Crippen LogP contribution in [0.3, 0.4) is 0 Å². The van der Waals surface area contributed by atoms with Gasteiger partial charge in [-0.05, 0) is 5.56 Å². The van der Waals surface area contributed by atoms with Crippen LogP contribution in [0.5, 0.6) is 0 Å². The Morgan fingerprint density at radius 2 is 2.00 bits per heavy atom. The maximum Gasteiger partial charge on any atom is 0.330 e. The number of carbonyl (C=O) groups excluding carboxylic acids is 1. The zero-order valence-electron chi connectivity index (χ0n) is 9.19. The van der Waals surface area contributed by atoms with Gasteiger partial charge in [0.05, 0.1) is 0 Å². The second-order valence-corrected chi connectivity index (χ2v) is 4.06. The Labute approximate surface area is 90.6 Å². The van der Waals surface area contributed by atoms with Crippen LogP contribution in [0, 0.1) is 0 Å². The molecular weight excluding hydrogens is 188 g/mol. The molecule has 0 amide bonds. The van der Waals surface area contributed by atoms with Crippen LogP contribution < -0.4 is 0 Å². The molecule has 2 heteroatoms. The van der Waals surface area contributed by atoms with Crippen LogP contribution in [0.15, 0.2) is 43.0 Å². The summed E-state index contributed by atoms with van der Waals surface area (Å²) in [6.45, 7) is 7.80. The summed E-state index contributed by atoms with van der Waals surface area (Å²) in [7, 11) is 0. The quantitative estimate of drug-likeness (QED) is 0.556. The average Bonchev–Trinajstić information content (AvgIpc) is 2.27. The van der Waals surface area contributed by atoms with Crippen molar-refractivity contribution in [2.24, 2.45) is 0 Å². The van der Waals surface area contributed by atoms with Gasteiger partial charge in [0.2, 0.25) is 0 Å². The summed E-state index contributed by atoms with van der Waals surface area (Å²) >= 11 is 0. The lowest BCUT2D eigenvalue weighted by Gasteiger charge is -2.24. The van der Waals surface area contributed by atoms with E-state index >= 15 is 0 Å². The van der Waals surface area contributed by atoms with Crippen LogP contribution in [-0.2, 0) is 14.9 Å². The van der Waals surface area contributed by atoms with Gasteiger partial charge in [0, 0.05) is 11.5 Å². The molecule has 0 aliphatic heterocycles. The maximum absolute atomic E-state index is 10.9. The number of benzene rings is 1. The molecule has 2 nitrogen and oxygen atoms in total. The van der Waals surface area contributed by atoms with Crippen molar-refractivity contribution in [3.8, 4) is 0 Å². The Morgan fingerprint density at radius 3 is 2.53 bits per heavy atom. The number of ether oxygens (including phenoxy) is 1. The van der Waals surface area contributed by atoms with Gasteiger partial charge >= 0.3 is 5.97 Å². The minimum Gasteiger partial charge on any atom is -0.462 e. The van der Waals surface area contributed by atoms with Crippen LogP contribution in [0.1, 0.15) is 19.4 Å². The van der Waals surface area contributed by atoms with E-state index in [-0.39, 0.29) is 11.4 Å². The van der Waals surface area contributed by atoms with E-state index in [1.807, 2.05) is 44.2 Å². The van der Waals surface area contributed by atoms with Gasteiger partial charge in [-0.1, -0.05) is 50.8 Å². The molecule has 0 N–H and O–H groups in total. The highest BCUT2D eigenvalue weighted by atomic mass is 16.5. The fourth-order valence-corrected chi connectivity index (χ4v) is 1.28. The highest BCUT2D eigenvalue weighted by molar-refractivity contribution is 5.81. The standard InChI is InChI=1S/C13H16O2/c1-4-12(14)15-10-13(2,3)11-8-6-5-7-9-11/h4-9H,1,10H2,2-3H3. The molecule has 1 aromatic carbocycles. The maximum atomic E-state index is 10.9. The Morgan fingerprint density at radius 1 is 1.40 bits per heavy atom. The zero-order valence-corrected chi connectivity index (χ0v) is 9.19. The van der Waals surface area contributed by atoms with E-state index in [1.54, 1.807) is 0 Å². The van der Waals surface area contributed by atoms with Crippen molar-refractivity contribution in [2.45, 2.75) is 19.3 Å². The van der Waals surface area contributed by atoms with Crippen LogP contribution in [0.4, 0.5) is 0 Å². The lowest BCUT2D eigenvalue weighted by Crippen LogP contribution is -2.25. The first-order valence-electron chi connectivity index (χ1n) is 4.91. The lowest BCUT2D eigenvalue weighted by atomic mass is 9.86. The Balaban J connectivity index is 2.67. The molecule has 1 rings (SSSR count). The molecule has 0 heterocycles. The number of esters is 1. The van der Waals surface area contributed by atoms with Gasteiger partial charge in [-0.25, -0.2) is 4.79 Å². The lowest BCUT2D eigenvalue weighted by molar-refractivity contribution is -0.139. The third-order valence-electron chi connectivity index (χ3n) is 2.30. The van der Waals surface area contributed by atoms with E-state index < -0.39 is 0 Å². The summed E-state index contributed by atoms with van der Waals surface area (Å²) in [5, 5.41) is 0. The molecule has 0 aliphatic rings. The molecule has 0 saturated heterocycles. The predicted molar refractivity (Wildman–Crippen MR) is 60.6 cm³/mol. The molecule has 0 fully saturated rings. The predicted octanol–water partition coefficient (Wildman–Crippen LogP) is 2.69. The molecule has 0 radical (unpaired) electrons. The monoisotopic (exact) mass is 204 g/mol. The molecule has 0 bridgehead atoms. The Kier molecular flexibility index (Phi) is 3.67. The molecule has 0 aliphatic carbocycles. The number of rotatable bonds is 4. The highest BCUT2D eigenvalue weighted by Crippen LogP contribution is 2.22. The zero-order chi connectivity index (χ0) is 11.3. The summed E-state index contributed by atoms with van der Waals surface area (Å²) in [5.74, 6) is -0.376. The van der Waals surface area contributed by atoms with E-state index in [1.165, 1.54) is 6.08 Å². The summed E-state index contributed by atoms with van der Waals surface area (Å²) < 4.78 is 5.05. The molecule has 0 spiro atoms. The van der Waals surface area contributed by atoms with Crippen molar-refractivity contribution >= 4 is 5.97 Å². The normalized spacial score (nSPS) is 10.8. The second-order valence-electron chi connectivity index (χ2n) is 4.06. The van der Waals surface area contributed by atoms with Gasteiger partial charge in [0.1, 0.15) is 6.61 Å². The Hall–Kier alpha value is -1.57. The highest BCUT2D eigenvalue weighted by Gasteiger charge is 2.21. The third-order valence-corrected chi connectivity index (χ3v) is 2.30. The van der Waals surface area contributed by atoms with Crippen molar-refractivity contribution < 1.29 is 9.53 Å². The minimum absolute atomic E-state index is 0.167. The van der Waals surface area contributed by atoms with E-state index in [2.05, 4.69) is 6.58 Å². The summed E-state index contributed by atoms with van der Waals surface area (Å²) in [4.78, 5) is 10.9. The molecule has 0 aromatic heterocycles. The summed E-state index contributed by atoms with van der Waals surface area (Å²) in [6.07, 6.45) is 1.18. The first-order chi connectivity index (χ1) is 7.06. The first-order valence-corrected chi connectivity index (χ1v) is 4.91. The third kappa shape index (κ3) is 3.24. The van der Waals surface area contributed by atoms with Gasteiger partial charge < -0.3 is 4.74 Å². The van der Waals surface area contributed by atoms with Crippen LogP contribution in [0.2, 0.25) is 0 Å². The largest absolute Gasteiger partial charge is 0.462 e. The molecular formula is C13H16O2. The topological polar surface area (TPSA) is 26.3 Å². The van der Waals surface area contributed by atoms with E-state index in [4.69, 9.17) is 4.74 Å². The van der Waals surface area contributed by atoms with Crippen molar-refractivity contribution in [3.63, 3.8) is 0 Å². The van der Waals surface area contributed by atoms with Crippen molar-refractivity contribution in [1.29, 1.82) is 0 Å². The van der Waals surface area contributed by atoms with E-state index in [9.17, 15) is 4.79 Å². The smallest absolute Gasteiger partial charge is 0.330 e. The second kappa shape index (κ2) is 4.78. The van der Waals surface area contributed by atoms with Crippen LogP contribution in [0.25, 0.3) is 0 Å². The summed E-state index contributed by atoms with van der Waals surface area (Å²) in [5.41, 5.74) is 0.988. The average molecular weight is 204 g/mol. The fraction of sp³-hybridized carbons (Fsp3) is 0.308. The molecule has 15 heavy (non-hydrogen) atoms. The SMILES string of the molecule is C=CC(=O)OCC(C)(C)c1ccccc1. The molecule has 0 unspecified atom stereocenters. The molecule has 0 atom stereocenters. The number of hydrogen-bond donors (Lipinski definition) is 0. The number of carbonyl (C=O) groups is 1. The van der Waals surface area contributed by atoms with Gasteiger partial charge in [-0.2, -0.15) is 0 Å². The number of hydrogen-bond acceptors (Lipinski definition) is 2. The summed E-state index contributed by atoms with van der Waals surface area (Å²) in [6, 6.07) is 9.98. The van der Waals surface area contributed by atoms with Crippen LogP contribution in [-0.4, -0.2) is 12.6 Å². The van der Waals surface area contributed by atoms with Gasteiger partial charge in [-0.3, -0.25) is 0 Å². The van der Waals surface area contributed by atoms with Crippen molar-refractivity contribution in [1.82, 2.24) is 0 Å². The molecule has 0 saturated carbocycles. The fourth-order valence-electron chi connectivity index (χ4n) is 1.28. The Bertz CT molecular complexity index is 339. The van der Waals surface area contributed by atoms with Gasteiger partial charge in [0.25, 0.3) is 0 Å². The van der Waals surface area contributed by atoms with Gasteiger partial charge in [-0.15, -0.1) is 0 Å². The van der Waals surface area contributed by atoms with Crippen molar-refractivity contribution in [2.75, 3.05) is 6.61 Å². The molecule has 1 aromatic rings. The van der Waals surface area contributed by atoms with E-state index in [0.717, 1.165) is 5.56 Å². The first kappa shape index (κ1) is 11.5. The van der Waals surface area contributed by atoms with Crippen molar-refractivity contribution in [3.05, 3.63) is 48.6 Å². The van der Waals surface area contributed by atoms with Gasteiger partial charge in [0.15, 0.2) is 0 Å².